The van der Waals surface area contributed by atoms with Crippen LogP contribution in [0.1, 0.15) is 51.8 Å². The summed E-state index contributed by atoms with van der Waals surface area (Å²) >= 11 is 6.81. The van der Waals surface area contributed by atoms with E-state index in [-0.39, 0.29) is 30.0 Å². The predicted octanol–water partition coefficient (Wildman–Crippen LogP) is 5.61. The second-order valence-corrected chi connectivity index (χ2v) is 12.4. The molecule has 2 fully saturated rings. The van der Waals surface area contributed by atoms with E-state index >= 15 is 0 Å². The van der Waals surface area contributed by atoms with Gasteiger partial charge in [0.25, 0.3) is 0 Å². The Morgan fingerprint density at radius 3 is 2.74 bits per heavy atom. The van der Waals surface area contributed by atoms with E-state index < -0.39 is 0 Å². The van der Waals surface area contributed by atoms with E-state index in [2.05, 4.69) is 55.9 Å². The number of hydrogen-bond acceptors (Lipinski definition) is 8. The molecule has 1 atom stereocenters. The molecule has 0 radical (unpaired) electrons. The summed E-state index contributed by atoms with van der Waals surface area (Å²) in [6, 6.07) is 5.56. The number of aryl methyl sites for hydroxylation is 1. The number of halogens is 2. The fraction of sp³-hybridized carbons (Fsp3) is 0.483. The van der Waals surface area contributed by atoms with Gasteiger partial charge < -0.3 is 19.9 Å². The lowest BCUT2D eigenvalue weighted by molar-refractivity contribution is -0.117. The summed E-state index contributed by atoms with van der Waals surface area (Å²) in [7, 11) is 1.85. The molecule has 0 unspecified atom stereocenters. The number of amides is 1. The molecule has 0 spiro atoms. The van der Waals surface area contributed by atoms with Crippen molar-refractivity contribution in [3.63, 3.8) is 0 Å². The highest BCUT2D eigenvalue weighted by molar-refractivity contribution is 6.36. The topological polar surface area (TPSA) is 115 Å². The van der Waals surface area contributed by atoms with Crippen molar-refractivity contribution in [3.05, 3.63) is 41.3 Å². The number of carbonyl (C=O) groups excluding carboxylic acids is 1. The maximum absolute atomic E-state index is 12.9. The minimum atomic E-state index is -0.344. The van der Waals surface area contributed by atoms with Gasteiger partial charge in [-0.05, 0) is 25.3 Å². The summed E-state index contributed by atoms with van der Waals surface area (Å²) in [4.78, 5) is 27.6. The third kappa shape index (κ3) is 5.78. The Bertz CT molecular complexity index is 1630. The summed E-state index contributed by atoms with van der Waals surface area (Å²) in [6.45, 7) is 8.21. The first-order chi connectivity index (χ1) is 20.1. The fourth-order valence-corrected chi connectivity index (χ4v) is 5.58. The largest absolute Gasteiger partial charge is 0.454 e. The first kappa shape index (κ1) is 28.4. The Labute approximate surface area is 248 Å². The SMILES string of the molecule is Cn1c(Nc2cc(C(C)(C)C)n([C@@H]3CCN(CCF)C3)n2)nc2ncc(Oc3ccnc(NC(=O)C4CC4)c3)c(Cl)c21. The van der Waals surface area contributed by atoms with Crippen LogP contribution in [0.4, 0.5) is 22.0 Å². The first-order valence-electron chi connectivity index (χ1n) is 14.2. The van der Waals surface area contributed by atoms with Gasteiger partial charge in [-0.3, -0.25) is 14.4 Å². The van der Waals surface area contributed by atoms with Crippen molar-refractivity contribution in [2.75, 3.05) is 36.9 Å². The van der Waals surface area contributed by atoms with Gasteiger partial charge >= 0.3 is 0 Å². The van der Waals surface area contributed by atoms with Gasteiger partial charge in [0.2, 0.25) is 11.9 Å². The summed E-state index contributed by atoms with van der Waals surface area (Å²) in [6.07, 6.45) is 5.83. The number of hydrogen-bond donors (Lipinski definition) is 2. The molecule has 4 aromatic rings. The number of ether oxygens (including phenoxy) is 1. The van der Waals surface area contributed by atoms with Gasteiger partial charge in [0.1, 0.15) is 28.8 Å². The van der Waals surface area contributed by atoms with Crippen LogP contribution in [0, 0.1) is 5.92 Å². The molecule has 2 aliphatic rings. The first-order valence-corrected chi connectivity index (χ1v) is 14.6. The number of nitrogens with one attached hydrogen (secondary N) is 2. The van der Waals surface area contributed by atoms with Crippen molar-refractivity contribution < 1.29 is 13.9 Å². The zero-order valence-electron chi connectivity index (χ0n) is 24.2. The third-order valence-corrected chi connectivity index (χ3v) is 8.07. The number of imidazole rings is 1. The number of alkyl halides is 1. The monoisotopic (exact) mass is 595 g/mol. The Balaban J connectivity index is 1.24. The lowest BCUT2D eigenvalue weighted by Gasteiger charge is -2.23. The minimum absolute atomic E-state index is 0.0304. The van der Waals surface area contributed by atoms with Crippen LogP contribution >= 0.6 is 11.6 Å². The van der Waals surface area contributed by atoms with E-state index in [1.165, 1.54) is 6.20 Å². The summed E-state index contributed by atoms with van der Waals surface area (Å²) in [5.41, 5.74) is 2.00. The zero-order valence-corrected chi connectivity index (χ0v) is 25.0. The van der Waals surface area contributed by atoms with Crippen molar-refractivity contribution in [2.24, 2.45) is 13.0 Å². The lowest BCUT2D eigenvalue weighted by Crippen LogP contribution is -2.26. The third-order valence-electron chi connectivity index (χ3n) is 7.70. The molecule has 42 heavy (non-hydrogen) atoms. The van der Waals surface area contributed by atoms with Gasteiger partial charge in [0, 0.05) is 62.0 Å². The summed E-state index contributed by atoms with van der Waals surface area (Å²) in [5, 5.41) is 11.4. The molecule has 222 valence electrons. The Morgan fingerprint density at radius 2 is 2.00 bits per heavy atom. The highest BCUT2D eigenvalue weighted by Crippen LogP contribution is 2.37. The van der Waals surface area contributed by atoms with Gasteiger partial charge in [-0.25, -0.2) is 14.4 Å². The predicted molar refractivity (Wildman–Crippen MR) is 159 cm³/mol. The van der Waals surface area contributed by atoms with Gasteiger partial charge in [-0.2, -0.15) is 10.1 Å². The van der Waals surface area contributed by atoms with Crippen LogP contribution in [0.2, 0.25) is 5.02 Å². The lowest BCUT2D eigenvalue weighted by atomic mass is 9.91. The average molecular weight is 596 g/mol. The van der Waals surface area contributed by atoms with E-state index in [1.54, 1.807) is 18.3 Å². The van der Waals surface area contributed by atoms with Crippen LogP contribution in [0.15, 0.2) is 30.6 Å². The van der Waals surface area contributed by atoms with Gasteiger partial charge in [0.05, 0.1) is 12.2 Å². The molecule has 4 aromatic heterocycles. The quantitative estimate of drug-likeness (QED) is 0.256. The van der Waals surface area contributed by atoms with Gasteiger partial charge in [0.15, 0.2) is 17.2 Å². The molecule has 13 heteroatoms. The summed E-state index contributed by atoms with van der Waals surface area (Å²) in [5.74, 6) is 2.47. The number of carbonyl (C=O) groups is 1. The van der Waals surface area contributed by atoms with E-state index in [9.17, 15) is 9.18 Å². The number of pyridine rings is 2. The van der Waals surface area contributed by atoms with Crippen molar-refractivity contribution >= 4 is 46.3 Å². The molecular weight excluding hydrogens is 561 g/mol. The van der Waals surface area contributed by atoms with E-state index in [0.717, 1.165) is 38.0 Å². The number of nitrogens with zero attached hydrogens (tertiary/aromatic N) is 7. The van der Waals surface area contributed by atoms with Crippen LogP contribution in [-0.4, -0.2) is 66.4 Å². The van der Waals surface area contributed by atoms with Crippen LogP contribution < -0.4 is 15.4 Å². The van der Waals surface area contributed by atoms with Crippen LogP contribution in [0.5, 0.6) is 11.5 Å². The molecule has 1 aliphatic carbocycles. The van der Waals surface area contributed by atoms with Crippen molar-refractivity contribution in [1.29, 1.82) is 0 Å². The van der Waals surface area contributed by atoms with Crippen LogP contribution in [0.3, 0.4) is 0 Å². The van der Waals surface area contributed by atoms with E-state index in [4.69, 9.17) is 21.4 Å². The zero-order chi connectivity index (χ0) is 29.6. The smallest absolute Gasteiger partial charge is 0.228 e. The number of fused-ring (bicyclic) bond motifs is 1. The normalized spacial score (nSPS) is 17.6. The molecule has 0 bridgehead atoms. The van der Waals surface area contributed by atoms with E-state index in [1.807, 2.05) is 17.7 Å². The molecule has 6 rings (SSSR count). The Morgan fingerprint density at radius 1 is 1.19 bits per heavy atom. The average Bonchev–Trinajstić information content (AvgIpc) is 3.41. The molecule has 1 amide bonds. The fourth-order valence-electron chi connectivity index (χ4n) is 5.28. The number of aromatic nitrogens is 6. The van der Waals surface area contributed by atoms with Crippen molar-refractivity contribution in [1.82, 2.24) is 34.2 Å². The Hall–Kier alpha value is -3.77. The molecule has 11 nitrogen and oxygen atoms in total. The molecule has 1 aliphatic heterocycles. The second kappa shape index (κ2) is 11.1. The summed E-state index contributed by atoms with van der Waals surface area (Å²) < 4.78 is 22.9. The molecule has 1 saturated heterocycles. The number of likely N-dealkylation sites (tertiary alicyclic amines) is 1. The van der Waals surface area contributed by atoms with Gasteiger partial charge in [-0.1, -0.05) is 32.4 Å². The molecule has 5 heterocycles. The van der Waals surface area contributed by atoms with Gasteiger partial charge in [-0.15, -0.1) is 0 Å². The van der Waals surface area contributed by atoms with E-state index in [0.29, 0.717) is 51.8 Å². The number of anilines is 3. The van der Waals surface area contributed by atoms with Crippen LogP contribution in [-0.2, 0) is 17.3 Å². The standard InChI is InChI=1S/C29H35ClFN9O2/c1-29(2,3)21-14-23(37-40(21)18-8-11-39(16-18)12-9-31)35-28-36-26-25(38(28)4)24(30)20(15-33-26)42-19-7-10-32-22(13-19)34-27(41)17-5-6-17/h7,10,13-15,17-18H,5-6,8-9,11-12,16H2,1-4H3,(H,32,34,41)(H,33,35,36,37)/t18-/m1/s1. The maximum Gasteiger partial charge on any atom is 0.228 e. The number of rotatable bonds is 9. The Kier molecular flexibility index (Phi) is 7.52. The second-order valence-electron chi connectivity index (χ2n) is 12.0. The molecule has 2 N–H and O–H groups in total. The minimum Gasteiger partial charge on any atom is -0.454 e. The van der Waals surface area contributed by atoms with Crippen molar-refractivity contribution in [3.8, 4) is 11.5 Å². The van der Waals surface area contributed by atoms with Crippen LogP contribution in [0.25, 0.3) is 11.2 Å². The molecule has 1 saturated carbocycles. The highest BCUT2D eigenvalue weighted by atomic mass is 35.5. The molecular formula is C29H35ClFN9O2. The maximum atomic E-state index is 12.9. The highest BCUT2D eigenvalue weighted by Gasteiger charge is 2.31. The van der Waals surface area contributed by atoms with Crippen molar-refractivity contribution in [2.45, 2.75) is 51.5 Å². The molecule has 0 aromatic carbocycles.